The van der Waals surface area contributed by atoms with Crippen LogP contribution >= 0.6 is 15.9 Å². The Morgan fingerprint density at radius 2 is 1.89 bits per heavy atom. The van der Waals surface area contributed by atoms with Gasteiger partial charge in [0, 0.05) is 22.6 Å². The number of esters is 1. The molecule has 2 aromatic carbocycles. The number of amides is 1. The van der Waals surface area contributed by atoms with Crippen LogP contribution < -0.4 is 14.8 Å². The molecule has 0 aromatic heterocycles. The monoisotopic (exact) mass is 428 g/mol. The Hall–Kier alpha value is -3.13. The van der Waals surface area contributed by atoms with Gasteiger partial charge in [-0.1, -0.05) is 15.9 Å². The molecule has 0 bridgehead atoms. The number of nitrogens with one attached hydrogen (secondary N) is 1. The van der Waals surface area contributed by atoms with Gasteiger partial charge in [0.05, 0.1) is 0 Å². The predicted octanol–water partition coefficient (Wildman–Crippen LogP) is 3.48. The van der Waals surface area contributed by atoms with E-state index in [-0.39, 0.29) is 24.3 Å². The van der Waals surface area contributed by atoms with Crippen molar-refractivity contribution in [3.8, 4) is 11.5 Å². The zero-order valence-corrected chi connectivity index (χ0v) is 15.7. The number of benzene rings is 2. The average Bonchev–Trinajstić information content (AvgIpc) is 3.22. The quantitative estimate of drug-likeness (QED) is 0.597. The second kappa shape index (κ2) is 6.88. The molecule has 8 heteroatoms. The normalized spacial score (nSPS) is 16.3. The highest BCUT2D eigenvalue weighted by atomic mass is 79.9. The summed E-state index contributed by atoms with van der Waals surface area (Å²) in [5.41, 5.74) is 2.18. The molecule has 0 saturated carbocycles. The van der Waals surface area contributed by atoms with Crippen molar-refractivity contribution in [1.29, 1.82) is 0 Å². The molecule has 7 nitrogen and oxygen atoms in total. The highest BCUT2D eigenvalue weighted by Crippen LogP contribution is 2.38. The van der Waals surface area contributed by atoms with Crippen molar-refractivity contribution in [2.24, 2.45) is 4.99 Å². The van der Waals surface area contributed by atoms with E-state index in [4.69, 9.17) is 14.2 Å². The molecule has 0 aliphatic carbocycles. The minimum atomic E-state index is -0.541. The second-order valence-electron chi connectivity index (χ2n) is 5.82. The predicted molar refractivity (Wildman–Crippen MR) is 102 cm³/mol. The molecule has 1 N–H and O–H groups in total. The van der Waals surface area contributed by atoms with E-state index >= 15 is 0 Å². The zero-order chi connectivity index (χ0) is 19.0. The van der Waals surface area contributed by atoms with Gasteiger partial charge in [-0.15, -0.1) is 0 Å². The first-order valence-corrected chi connectivity index (χ1v) is 8.78. The Labute approximate surface area is 162 Å². The molecule has 0 saturated heterocycles. The summed E-state index contributed by atoms with van der Waals surface area (Å²) in [6.07, 6.45) is 1.62. The molecule has 0 fully saturated rings. The number of fused-ring (bicyclic) bond motifs is 1. The number of anilines is 1. The number of aliphatic imine (C=N–C) groups is 1. The molecule has 0 spiro atoms. The van der Waals surface area contributed by atoms with E-state index in [1.807, 2.05) is 0 Å². The number of nitrogens with zero attached hydrogens (tertiary/aromatic N) is 1. The van der Waals surface area contributed by atoms with E-state index < -0.39 is 5.97 Å². The molecule has 1 amide bonds. The lowest BCUT2D eigenvalue weighted by Gasteiger charge is -2.03. The van der Waals surface area contributed by atoms with Gasteiger partial charge in [0.1, 0.15) is 0 Å². The molecular formula is C19H13BrN2O5. The summed E-state index contributed by atoms with van der Waals surface area (Å²) in [6.45, 7) is 1.60. The van der Waals surface area contributed by atoms with Gasteiger partial charge in [-0.3, -0.25) is 4.79 Å². The van der Waals surface area contributed by atoms with Crippen LogP contribution in [0.4, 0.5) is 5.69 Å². The third-order valence-electron chi connectivity index (χ3n) is 3.86. The van der Waals surface area contributed by atoms with E-state index in [0.29, 0.717) is 22.7 Å². The summed E-state index contributed by atoms with van der Waals surface area (Å²) in [4.78, 5) is 27.6. The highest BCUT2D eigenvalue weighted by molar-refractivity contribution is 9.10. The van der Waals surface area contributed by atoms with Gasteiger partial charge in [-0.05, 0) is 48.0 Å². The summed E-state index contributed by atoms with van der Waals surface area (Å²) in [5, 5.41) is 2.67. The first kappa shape index (κ1) is 17.3. The molecular weight excluding hydrogens is 416 g/mol. The Balaban J connectivity index is 1.61. The number of carbonyl (C=O) groups is 2. The standard InChI is InChI=1S/C19H13BrN2O5/c1-10(23)21-13-4-2-11(3-5-13)18-22-15(19(24)27-18)6-12-7-16-17(8-14(12)20)26-9-25-16/h2-8H,9H2,1H3,(H,21,23)/b15-6+. The lowest BCUT2D eigenvalue weighted by molar-refractivity contribution is -0.129. The largest absolute Gasteiger partial charge is 0.454 e. The zero-order valence-electron chi connectivity index (χ0n) is 14.1. The van der Waals surface area contributed by atoms with Crippen molar-refractivity contribution in [3.05, 3.63) is 57.7 Å². The van der Waals surface area contributed by atoms with Crippen LogP contribution in [0.25, 0.3) is 6.08 Å². The van der Waals surface area contributed by atoms with Gasteiger partial charge in [0.2, 0.25) is 18.6 Å². The minimum Gasteiger partial charge on any atom is -0.454 e. The number of rotatable bonds is 3. The smallest absolute Gasteiger partial charge is 0.363 e. The summed E-state index contributed by atoms with van der Waals surface area (Å²) in [6, 6.07) is 10.4. The topological polar surface area (TPSA) is 86.2 Å². The van der Waals surface area contributed by atoms with Crippen molar-refractivity contribution in [2.75, 3.05) is 12.1 Å². The first-order valence-electron chi connectivity index (χ1n) is 7.99. The van der Waals surface area contributed by atoms with Crippen molar-refractivity contribution >= 4 is 45.5 Å². The van der Waals surface area contributed by atoms with E-state index in [1.54, 1.807) is 42.5 Å². The molecule has 2 aliphatic heterocycles. The highest BCUT2D eigenvalue weighted by Gasteiger charge is 2.25. The molecule has 2 aromatic rings. The molecule has 27 heavy (non-hydrogen) atoms. The van der Waals surface area contributed by atoms with Gasteiger partial charge < -0.3 is 19.5 Å². The van der Waals surface area contributed by atoms with Crippen LogP contribution in [-0.2, 0) is 14.3 Å². The molecule has 4 rings (SSSR count). The lowest BCUT2D eigenvalue weighted by atomic mass is 10.1. The van der Waals surface area contributed by atoms with E-state index in [9.17, 15) is 9.59 Å². The van der Waals surface area contributed by atoms with Gasteiger partial charge in [0.25, 0.3) is 0 Å². The Morgan fingerprint density at radius 1 is 1.19 bits per heavy atom. The lowest BCUT2D eigenvalue weighted by Crippen LogP contribution is -2.07. The van der Waals surface area contributed by atoms with Crippen LogP contribution in [0.2, 0.25) is 0 Å². The Kier molecular flexibility index (Phi) is 4.41. The number of cyclic esters (lactones) is 1. The van der Waals surface area contributed by atoms with Crippen LogP contribution in [0.3, 0.4) is 0 Å². The maximum atomic E-state index is 12.2. The second-order valence-corrected chi connectivity index (χ2v) is 6.68. The fourth-order valence-corrected chi connectivity index (χ4v) is 3.06. The number of hydrogen-bond acceptors (Lipinski definition) is 6. The summed E-state index contributed by atoms with van der Waals surface area (Å²) in [5.74, 6) is 0.751. The SMILES string of the molecule is CC(=O)Nc1ccc(C2=N/C(=C/c3cc4c(cc3Br)OCO4)C(=O)O2)cc1. The van der Waals surface area contributed by atoms with Gasteiger partial charge in [-0.25, -0.2) is 9.79 Å². The fourth-order valence-electron chi connectivity index (χ4n) is 2.62. The summed E-state index contributed by atoms with van der Waals surface area (Å²) in [7, 11) is 0. The number of ether oxygens (including phenoxy) is 3. The van der Waals surface area contributed by atoms with Crippen molar-refractivity contribution in [1.82, 2.24) is 0 Å². The molecule has 0 radical (unpaired) electrons. The maximum Gasteiger partial charge on any atom is 0.363 e. The first-order chi connectivity index (χ1) is 13.0. The number of halogens is 1. The van der Waals surface area contributed by atoms with Crippen LogP contribution in [0, 0.1) is 0 Å². The van der Waals surface area contributed by atoms with Crippen molar-refractivity contribution in [3.63, 3.8) is 0 Å². The number of hydrogen-bond donors (Lipinski definition) is 1. The van der Waals surface area contributed by atoms with Crippen molar-refractivity contribution < 1.29 is 23.8 Å². The molecule has 2 aliphatic rings. The Morgan fingerprint density at radius 3 is 2.59 bits per heavy atom. The summed E-state index contributed by atoms with van der Waals surface area (Å²) < 4.78 is 16.7. The summed E-state index contributed by atoms with van der Waals surface area (Å²) >= 11 is 3.45. The average molecular weight is 429 g/mol. The number of carbonyl (C=O) groups excluding carboxylic acids is 2. The van der Waals surface area contributed by atoms with Crippen LogP contribution in [-0.4, -0.2) is 24.6 Å². The van der Waals surface area contributed by atoms with Gasteiger partial charge >= 0.3 is 5.97 Å². The van der Waals surface area contributed by atoms with E-state index in [0.717, 1.165) is 10.0 Å². The van der Waals surface area contributed by atoms with Crippen LogP contribution in [0.1, 0.15) is 18.1 Å². The fraction of sp³-hybridized carbons (Fsp3) is 0.105. The van der Waals surface area contributed by atoms with Crippen molar-refractivity contribution in [2.45, 2.75) is 6.92 Å². The van der Waals surface area contributed by atoms with Crippen LogP contribution in [0.15, 0.2) is 51.6 Å². The van der Waals surface area contributed by atoms with Crippen LogP contribution in [0.5, 0.6) is 11.5 Å². The van der Waals surface area contributed by atoms with E-state index in [1.165, 1.54) is 6.92 Å². The molecule has 0 atom stereocenters. The molecule has 2 heterocycles. The van der Waals surface area contributed by atoms with Gasteiger partial charge in [-0.2, -0.15) is 0 Å². The Bertz CT molecular complexity index is 1010. The third kappa shape index (κ3) is 3.56. The third-order valence-corrected chi connectivity index (χ3v) is 4.54. The maximum absolute atomic E-state index is 12.2. The molecule has 136 valence electrons. The molecule has 0 unspecified atom stereocenters. The van der Waals surface area contributed by atoms with Gasteiger partial charge in [0.15, 0.2) is 17.2 Å². The minimum absolute atomic E-state index is 0.160. The van der Waals surface area contributed by atoms with E-state index in [2.05, 4.69) is 26.2 Å².